The number of benzene rings is 1. The monoisotopic (exact) mass is 217 g/mol. The number of imidazole rings is 1. The van der Waals surface area contributed by atoms with Crippen molar-refractivity contribution in [2.24, 2.45) is 5.73 Å². The molecule has 0 saturated carbocycles. The first kappa shape index (κ1) is 11.1. The Hall–Kier alpha value is -1.35. The third-order valence-electron chi connectivity index (χ3n) is 2.69. The molecule has 1 aromatic carbocycles. The van der Waals surface area contributed by atoms with Crippen LogP contribution in [0.5, 0.6) is 0 Å². The van der Waals surface area contributed by atoms with Crippen LogP contribution >= 0.6 is 0 Å². The predicted octanol–water partition coefficient (Wildman–Crippen LogP) is 2.81. The first-order valence-electron chi connectivity index (χ1n) is 5.67. The van der Waals surface area contributed by atoms with Gasteiger partial charge in [0.1, 0.15) is 5.82 Å². The van der Waals surface area contributed by atoms with Gasteiger partial charge in [-0.05, 0) is 39.8 Å². The molecule has 2 N–H and O–H groups in total. The van der Waals surface area contributed by atoms with E-state index in [-0.39, 0.29) is 0 Å². The highest BCUT2D eigenvalue weighted by atomic mass is 15.1. The lowest BCUT2D eigenvalue weighted by molar-refractivity contribution is 0.457. The summed E-state index contributed by atoms with van der Waals surface area (Å²) in [6, 6.07) is 8.54. The third-order valence-corrected chi connectivity index (χ3v) is 2.69. The van der Waals surface area contributed by atoms with Crippen molar-refractivity contribution in [2.45, 2.75) is 39.3 Å². The summed E-state index contributed by atoms with van der Waals surface area (Å²) in [5, 5.41) is 0. The molecular formula is C13H19N3. The lowest BCUT2D eigenvalue weighted by Crippen LogP contribution is -2.33. The number of aromatic nitrogens is 2. The van der Waals surface area contributed by atoms with Crippen molar-refractivity contribution in [2.75, 3.05) is 0 Å². The molecule has 0 fully saturated rings. The highest BCUT2D eigenvalue weighted by molar-refractivity contribution is 5.76. The molecule has 0 radical (unpaired) electrons. The standard InChI is InChI=1S/C13H19N3/c1-9(2)16-11-8-6-5-7-10(11)15-12(16)13(3,4)14/h5-9H,14H2,1-4H3. The fourth-order valence-electron chi connectivity index (χ4n) is 2.02. The number of rotatable bonds is 2. The van der Waals surface area contributed by atoms with E-state index in [1.165, 1.54) is 0 Å². The number of nitrogens with two attached hydrogens (primary N) is 1. The van der Waals surface area contributed by atoms with Crippen molar-refractivity contribution >= 4 is 11.0 Å². The number of hydrogen-bond acceptors (Lipinski definition) is 2. The molecule has 2 aromatic rings. The lowest BCUT2D eigenvalue weighted by atomic mass is 10.1. The van der Waals surface area contributed by atoms with Gasteiger partial charge in [0.15, 0.2) is 0 Å². The van der Waals surface area contributed by atoms with Crippen molar-refractivity contribution in [3.8, 4) is 0 Å². The molecule has 3 nitrogen and oxygen atoms in total. The summed E-state index contributed by atoms with van der Waals surface area (Å²) < 4.78 is 2.22. The first-order chi connectivity index (χ1) is 7.41. The smallest absolute Gasteiger partial charge is 0.129 e. The van der Waals surface area contributed by atoms with E-state index in [1.54, 1.807) is 0 Å². The average molecular weight is 217 g/mol. The van der Waals surface area contributed by atoms with Gasteiger partial charge in [0, 0.05) is 6.04 Å². The van der Waals surface area contributed by atoms with E-state index in [0.717, 1.165) is 16.9 Å². The van der Waals surface area contributed by atoms with Crippen LogP contribution < -0.4 is 5.73 Å². The minimum Gasteiger partial charge on any atom is -0.324 e. The molecule has 16 heavy (non-hydrogen) atoms. The minimum atomic E-state index is -0.413. The Morgan fingerprint density at radius 1 is 1.25 bits per heavy atom. The number of para-hydroxylation sites is 2. The zero-order valence-corrected chi connectivity index (χ0v) is 10.4. The number of fused-ring (bicyclic) bond motifs is 1. The predicted molar refractivity (Wildman–Crippen MR) is 67.3 cm³/mol. The maximum atomic E-state index is 6.18. The van der Waals surface area contributed by atoms with Gasteiger partial charge in [-0.25, -0.2) is 4.98 Å². The molecule has 86 valence electrons. The maximum absolute atomic E-state index is 6.18. The van der Waals surface area contributed by atoms with Crippen LogP contribution in [0.1, 0.15) is 39.6 Å². The molecular weight excluding hydrogens is 198 g/mol. The van der Waals surface area contributed by atoms with Gasteiger partial charge in [-0.1, -0.05) is 12.1 Å². The SMILES string of the molecule is CC(C)n1c(C(C)(C)N)nc2ccccc21. The van der Waals surface area contributed by atoms with Gasteiger partial charge in [-0.2, -0.15) is 0 Å². The molecule has 0 aliphatic carbocycles. The van der Waals surface area contributed by atoms with E-state index in [9.17, 15) is 0 Å². The normalized spacial score (nSPS) is 12.6. The summed E-state index contributed by atoms with van der Waals surface area (Å²) in [4.78, 5) is 4.64. The molecule has 0 unspecified atom stereocenters. The van der Waals surface area contributed by atoms with Gasteiger partial charge in [-0.3, -0.25) is 0 Å². The second-order valence-electron chi connectivity index (χ2n) is 5.11. The summed E-state index contributed by atoms with van der Waals surface area (Å²) in [6.45, 7) is 8.30. The van der Waals surface area contributed by atoms with Gasteiger partial charge < -0.3 is 10.3 Å². The lowest BCUT2D eigenvalue weighted by Gasteiger charge is -2.22. The second-order valence-corrected chi connectivity index (χ2v) is 5.11. The highest BCUT2D eigenvalue weighted by Gasteiger charge is 2.24. The Morgan fingerprint density at radius 2 is 1.88 bits per heavy atom. The van der Waals surface area contributed by atoms with Crippen molar-refractivity contribution < 1.29 is 0 Å². The second kappa shape index (κ2) is 3.59. The van der Waals surface area contributed by atoms with Crippen LogP contribution in [0.4, 0.5) is 0 Å². The van der Waals surface area contributed by atoms with Crippen LogP contribution in [0.3, 0.4) is 0 Å². The zero-order valence-electron chi connectivity index (χ0n) is 10.4. The van der Waals surface area contributed by atoms with E-state index in [0.29, 0.717) is 6.04 Å². The highest BCUT2D eigenvalue weighted by Crippen LogP contribution is 2.26. The molecule has 0 aliphatic heterocycles. The van der Waals surface area contributed by atoms with Gasteiger partial charge in [0.2, 0.25) is 0 Å². The Kier molecular flexibility index (Phi) is 2.50. The van der Waals surface area contributed by atoms with Crippen LogP contribution in [0.15, 0.2) is 24.3 Å². The number of hydrogen-bond donors (Lipinski definition) is 1. The van der Waals surface area contributed by atoms with Gasteiger partial charge >= 0.3 is 0 Å². The molecule has 0 bridgehead atoms. The van der Waals surface area contributed by atoms with Gasteiger partial charge in [0.25, 0.3) is 0 Å². The summed E-state index contributed by atoms with van der Waals surface area (Å²) in [5.41, 5.74) is 7.94. The fourth-order valence-corrected chi connectivity index (χ4v) is 2.02. The summed E-state index contributed by atoms with van der Waals surface area (Å²) >= 11 is 0. The van der Waals surface area contributed by atoms with E-state index in [2.05, 4.69) is 29.5 Å². The molecule has 1 heterocycles. The van der Waals surface area contributed by atoms with E-state index in [1.807, 2.05) is 32.0 Å². The molecule has 0 aliphatic rings. The van der Waals surface area contributed by atoms with Gasteiger partial charge in [0.05, 0.1) is 16.6 Å². The van der Waals surface area contributed by atoms with Crippen LogP contribution in [-0.2, 0) is 5.54 Å². The van der Waals surface area contributed by atoms with E-state index in [4.69, 9.17) is 5.73 Å². The third kappa shape index (κ3) is 1.71. The quantitative estimate of drug-likeness (QED) is 0.840. The fraction of sp³-hybridized carbons (Fsp3) is 0.462. The van der Waals surface area contributed by atoms with Crippen LogP contribution in [0.2, 0.25) is 0 Å². The van der Waals surface area contributed by atoms with Crippen LogP contribution in [-0.4, -0.2) is 9.55 Å². The topological polar surface area (TPSA) is 43.8 Å². The largest absolute Gasteiger partial charge is 0.324 e. The zero-order chi connectivity index (χ0) is 11.9. The average Bonchev–Trinajstić information content (AvgIpc) is 2.55. The molecule has 1 aromatic heterocycles. The molecule has 0 amide bonds. The Bertz CT molecular complexity index is 503. The summed E-state index contributed by atoms with van der Waals surface area (Å²) in [6.07, 6.45) is 0. The maximum Gasteiger partial charge on any atom is 0.129 e. The molecule has 3 heteroatoms. The summed E-state index contributed by atoms with van der Waals surface area (Å²) in [5.74, 6) is 0.948. The molecule has 0 saturated heterocycles. The molecule has 0 spiro atoms. The minimum absolute atomic E-state index is 0.366. The number of nitrogens with zero attached hydrogens (tertiary/aromatic N) is 2. The van der Waals surface area contributed by atoms with Gasteiger partial charge in [-0.15, -0.1) is 0 Å². The summed E-state index contributed by atoms with van der Waals surface area (Å²) in [7, 11) is 0. The first-order valence-corrected chi connectivity index (χ1v) is 5.67. The molecule has 0 atom stereocenters. The Morgan fingerprint density at radius 3 is 2.44 bits per heavy atom. The van der Waals surface area contributed by atoms with Crippen LogP contribution in [0.25, 0.3) is 11.0 Å². The van der Waals surface area contributed by atoms with E-state index < -0.39 is 5.54 Å². The van der Waals surface area contributed by atoms with E-state index >= 15 is 0 Å². The van der Waals surface area contributed by atoms with Crippen molar-refractivity contribution in [1.29, 1.82) is 0 Å². The molecule has 2 rings (SSSR count). The Labute approximate surface area is 96.3 Å². The van der Waals surface area contributed by atoms with Crippen LogP contribution in [0, 0.1) is 0 Å². The van der Waals surface area contributed by atoms with Crippen molar-refractivity contribution in [3.63, 3.8) is 0 Å². The van der Waals surface area contributed by atoms with Crippen molar-refractivity contribution in [3.05, 3.63) is 30.1 Å². The van der Waals surface area contributed by atoms with Crippen molar-refractivity contribution in [1.82, 2.24) is 9.55 Å². The Balaban J connectivity index is 2.78.